The van der Waals surface area contributed by atoms with E-state index in [1.807, 2.05) is 36.4 Å². The van der Waals surface area contributed by atoms with E-state index in [1.54, 1.807) is 34.6 Å². The molecule has 3 aromatic rings. The van der Waals surface area contributed by atoms with Crippen LogP contribution >= 0.6 is 0 Å². The van der Waals surface area contributed by atoms with Crippen molar-refractivity contribution in [3.8, 4) is 23.0 Å². The highest BCUT2D eigenvalue weighted by Gasteiger charge is 2.21. The molecule has 2 aromatic carbocycles. The summed E-state index contributed by atoms with van der Waals surface area (Å²) in [6.07, 6.45) is 2.30. The van der Waals surface area contributed by atoms with Gasteiger partial charge in [-0.2, -0.15) is 0 Å². The van der Waals surface area contributed by atoms with Gasteiger partial charge in [-0.15, -0.1) is 0 Å². The number of ether oxygens (including phenoxy) is 4. The Morgan fingerprint density at radius 2 is 1.46 bits per heavy atom. The molecule has 0 aliphatic heterocycles. The van der Waals surface area contributed by atoms with Gasteiger partial charge in [0.25, 0.3) is 0 Å². The van der Waals surface area contributed by atoms with Crippen LogP contribution in [0.3, 0.4) is 0 Å². The Kier molecular flexibility index (Phi) is 6.21. The highest BCUT2D eigenvalue weighted by Crippen LogP contribution is 2.39. The molecule has 0 amide bonds. The van der Waals surface area contributed by atoms with Crippen LogP contribution < -0.4 is 18.9 Å². The number of aliphatic hydroxyl groups excluding tert-OH is 1. The summed E-state index contributed by atoms with van der Waals surface area (Å²) in [5.74, 6) is 2.48. The lowest BCUT2D eigenvalue weighted by Gasteiger charge is -2.20. The van der Waals surface area contributed by atoms with Crippen molar-refractivity contribution < 1.29 is 24.1 Å². The highest BCUT2D eigenvalue weighted by atomic mass is 16.5. The third kappa shape index (κ3) is 3.68. The van der Waals surface area contributed by atoms with E-state index in [0.29, 0.717) is 29.4 Å². The van der Waals surface area contributed by atoms with Gasteiger partial charge in [-0.05, 0) is 47.7 Å². The van der Waals surface area contributed by atoms with Crippen molar-refractivity contribution in [1.82, 2.24) is 4.98 Å². The Bertz CT molecular complexity index is 957. The molecule has 1 atom stereocenters. The molecule has 6 nitrogen and oxygen atoms in total. The van der Waals surface area contributed by atoms with Gasteiger partial charge in [0.1, 0.15) is 0 Å². The number of methoxy groups -OCH3 is 4. The first kappa shape index (κ1) is 19.8. The monoisotopic (exact) mass is 383 g/mol. The lowest BCUT2D eigenvalue weighted by Crippen LogP contribution is -2.07. The van der Waals surface area contributed by atoms with Crippen LogP contribution in [0.2, 0.25) is 0 Å². The van der Waals surface area contributed by atoms with Crippen molar-refractivity contribution in [1.29, 1.82) is 0 Å². The van der Waals surface area contributed by atoms with Crippen molar-refractivity contribution in [2.24, 2.45) is 0 Å². The summed E-state index contributed by atoms with van der Waals surface area (Å²) < 4.78 is 21.7. The van der Waals surface area contributed by atoms with E-state index >= 15 is 0 Å². The number of hydrogen-bond acceptors (Lipinski definition) is 6. The molecule has 1 heterocycles. The zero-order valence-corrected chi connectivity index (χ0v) is 16.6. The van der Waals surface area contributed by atoms with Crippen LogP contribution in [0, 0.1) is 0 Å². The number of pyridine rings is 1. The fraction of sp³-hybridized carbons (Fsp3) is 0.318. The summed E-state index contributed by atoms with van der Waals surface area (Å²) in [4.78, 5) is 4.65. The normalized spacial score (nSPS) is 11.9. The lowest BCUT2D eigenvalue weighted by molar-refractivity contribution is 0.281. The van der Waals surface area contributed by atoms with E-state index < -0.39 is 0 Å². The maximum absolute atomic E-state index is 9.71. The minimum absolute atomic E-state index is 0.0321. The number of rotatable bonds is 8. The van der Waals surface area contributed by atoms with Crippen molar-refractivity contribution in [2.75, 3.05) is 35.0 Å². The molecular formula is C22H25NO5. The van der Waals surface area contributed by atoms with Gasteiger partial charge < -0.3 is 24.1 Å². The van der Waals surface area contributed by atoms with Gasteiger partial charge in [0.2, 0.25) is 0 Å². The standard InChI is InChI=1S/C22H25NO5/c1-25-18-6-5-14(11-19(18)26-2)16(8-10-24)22-17-13-21(28-4)20(27-3)12-15(17)7-9-23-22/h5-7,9,11-13,16,24H,8,10H2,1-4H3. The number of aliphatic hydroxyl groups is 1. The summed E-state index contributed by atoms with van der Waals surface area (Å²) in [6, 6.07) is 11.6. The van der Waals surface area contributed by atoms with Gasteiger partial charge in [0.05, 0.1) is 34.1 Å². The van der Waals surface area contributed by atoms with Crippen LogP contribution in [0.1, 0.15) is 23.6 Å². The van der Waals surface area contributed by atoms with Crippen molar-refractivity contribution in [3.05, 3.63) is 53.9 Å². The lowest BCUT2D eigenvalue weighted by atomic mass is 9.89. The maximum Gasteiger partial charge on any atom is 0.161 e. The van der Waals surface area contributed by atoms with Gasteiger partial charge in [0.15, 0.2) is 23.0 Å². The number of benzene rings is 2. The third-order valence-corrected chi connectivity index (χ3v) is 4.86. The quantitative estimate of drug-likeness (QED) is 0.638. The zero-order chi connectivity index (χ0) is 20.1. The molecule has 3 rings (SSSR count). The molecule has 1 unspecified atom stereocenters. The Balaban J connectivity index is 2.18. The zero-order valence-electron chi connectivity index (χ0n) is 16.6. The molecule has 6 heteroatoms. The summed E-state index contributed by atoms with van der Waals surface area (Å²) in [5, 5.41) is 11.7. The van der Waals surface area contributed by atoms with E-state index in [9.17, 15) is 5.11 Å². The van der Waals surface area contributed by atoms with Crippen LogP contribution in [0.25, 0.3) is 10.8 Å². The van der Waals surface area contributed by atoms with Crippen molar-refractivity contribution in [2.45, 2.75) is 12.3 Å². The van der Waals surface area contributed by atoms with Crippen LogP contribution in [-0.4, -0.2) is 45.1 Å². The van der Waals surface area contributed by atoms with Crippen LogP contribution in [-0.2, 0) is 0 Å². The van der Waals surface area contributed by atoms with E-state index in [-0.39, 0.29) is 12.5 Å². The summed E-state index contributed by atoms with van der Waals surface area (Å²) in [6.45, 7) is 0.0321. The Morgan fingerprint density at radius 3 is 2.11 bits per heavy atom. The smallest absolute Gasteiger partial charge is 0.161 e. The summed E-state index contributed by atoms with van der Waals surface area (Å²) in [5.41, 5.74) is 1.85. The Hall–Kier alpha value is -2.99. The van der Waals surface area contributed by atoms with Gasteiger partial charge in [-0.3, -0.25) is 4.98 Å². The second-order valence-electron chi connectivity index (χ2n) is 6.30. The first-order chi connectivity index (χ1) is 13.7. The fourth-order valence-electron chi connectivity index (χ4n) is 3.46. The second kappa shape index (κ2) is 8.80. The maximum atomic E-state index is 9.71. The molecule has 0 fully saturated rings. The first-order valence-corrected chi connectivity index (χ1v) is 9.00. The average molecular weight is 383 g/mol. The molecule has 0 saturated heterocycles. The minimum atomic E-state index is -0.119. The molecule has 0 aliphatic rings. The topological polar surface area (TPSA) is 70.0 Å². The van der Waals surface area contributed by atoms with E-state index in [1.165, 1.54) is 0 Å². The van der Waals surface area contributed by atoms with Gasteiger partial charge in [-0.25, -0.2) is 0 Å². The van der Waals surface area contributed by atoms with Crippen LogP contribution in [0.4, 0.5) is 0 Å². The van der Waals surface area contributed by atoms with E-state index in [0.717, 1.165) is 22.0 Å². The number of nitrogens with zero attached hydrogens (tertiary/aromatic N) is 1. The van der Waals surface area contributed by atoms with Crippen molar-refractivity contribution in [3.63, 3.8) is 0 Å². The highest BCUT2D eigenvalue weighted by molar-refractivity contribution is 5.88. The second-order valence-corrected chi connectivity index (χ2v) is 6.30. The van der Waals surface area contributed by atoms with E-state index in [2.05, 4.69) is 4.98 Å². The SMILES string of the molecule is COc1ccc(C(CCO)c2nccc3cc(OC)c(OC)cc23)cc1OC. The predicted molar refractivity (Wildman–Crippen MR) is 108 cm³/mol. The number of aromatic nitrogens is 1. The molecule has 0 radical (unpaired) electrons. The van der Waals surface area contributed by atoms with Crippen molar-refractivity contribution >= 4 is 10.8 Å². The number of hydrogen-bond donors (Lipinski definition) is 1. The largest absolute Gasteiger partial charge is 0.493 e. The number of fused-ring (bicyclic) bond motifs is 1. The molecule has 1 N–H and O–H groups in total. The predicted octanol–water partition coefficient (Wildman–Crippen LogP) is 3.78. The molecule has 0 spiro atoms. The van der Waals surface area contributed by atoms with Gasteiger partial charge in [-0.1, -0.05) is 6.07 Å². The first-order valence-electron chi connectivity index (χ1n) is 9.00. The summed E-state index contributed by atoms with van der Waals surface area (Å²) in [7, 11) is 6.44. The molecule has 0 bridgehead atoms. The molecule has 1 aromatic heterocycles. The Morgan fingerprint density at radius 1 is 0.821 bits per heavy atom. The third-order valence-electron chi connectivity index (χ3n) is 4.86. The van der Waals surface area contributed by atoms with E-state index in [4.69, 9.17) is 18.9 Å². The van der Waals surface area contributed by atoms with Crippen LogP contribution in [0.15, 0.2) is 42.6 Å². The molecule has 0 aliphatic carbocycles. The molecule has 0 saturated carbocycles. The summed E-state index contributed by atoms with van der Waals surface area (Å²) >= 11 is 0. The molecule has 28 heavy (non-hydrogen) atoms. The van der Waals surface area contributed by atoms with Crippen LogP contribution in [0.5, 0.6) is 23.0 Å². The average Bonchev–Trinajstić information content (AvgIpc) is 2.75. The van der Waals surface area contributed by atoms with Gasteiger partial charge in [0, 0.05) is 24.1 Å². The van der Waals surface area contributed by atoms with Gasteiger partial charge >= 0.3 is 0 Å². The molecular weight excluding hydrogens is 358 g/mol. The minimum Gasteiger partial charge on any atom is -0.493 e. The molecule has 148 valence electrons. The Labute approximate surface area is 164 Å². The fourth-order valence-corrected chi connectivity index (χ4v) is 3.46.